The molecule has 1 aromatic carbocycles. The Kier molecular flexibility index (Phi) is 3.18. The first-order valence-electron chi connectivity index (χ1n) is 6.50. The van der Waals surface area contributed by atoms with Gasteiger partial charge in [0.1, 0.15) is 5.01 Å². The average Bonchev–Trinajstić information content (AvgIpc) is 3.00. The molecule has 0 bridgehead atoms. The molecular weight excluding hydrogens is 240 g/mol. The molecule has 1 aliphatic heterocycles. The second kappa shape index (κ2) is 4.82. The minimum absolute atomic E-state index is 0.472. The third-order valence-corrected chi connectivity index (χ3v) is 4.46. The predicted octanol–water partition coefficient (Wildman–Crippen LogP) is 3.85. The van der Waals surface area contributed by atoms with E-state index in [0.717, 1.165) is 11.6 Å². The highest BCUT2D eigenvalue weighted by Crippen LogP contribution is 2.31. The number of rotatable bonds is 2. The molecule has 1 fully saturated rings. The Labute approximate surface area is 112 Å². The number of benzene rings is 1. The van der Waals surface area contributed by atoms with E-state index in [2.05, 4.69) is 42.7 Å². The van der Waals surface area contributed by atoms with Gasteiger partial charge in [-0.2, -0.15) is 0 Å². The van der Waals surface area contributed by atoms with Gasteiger partial charge in [-0.3, -0.25) is 0 Å². The number of hydrogen-bond donors (Lipinski definition) is 1. The van der Waals surface area contributed by atoms with Gasteiger partial charge in [0, 0.05) is 10.9 Å². The Morgan fingerprint density at radius 1 is 1.33 bits per heavy atom. The molecular formula is C15H18N2S. The molecule has 2 nitrogen and oxygen atoms in total. The zero-order valence-electron chi connectivity index (χ0n) is 10.9. The molecule has 2 heterocycles. The van der Waals surface area contributed by atoms with Crippen molar-refractivity contribution in [2.75, 3.05) is 6.54 Å². The van der Waals surface area contributed by atoms with Gasteiger partial charge in [0.2, 0.25) is 0 Å². The lowest BCUT2D eigenvalue weighted by atomic mass is 10.1. The van der Waals surface area contributed by atoms with Crippen LogP contribution in [-0.4, -0.2) is 11.5 Å². The normalized spacial score (nSPS) is 19.3. The first kappa shape index (κ1) is 11.9. The van der Waals surface area contributed by atoms with Crippen LogP contribution in [-0.2, 0) is 0 Å². The maximum Gasteiger partial charge on any atom is 0.123 e. The zero-order chi connectivity index (χ0) is 12.5. The van der Waals surface area contributed by atoms with Gasteiger partial charge in [0.05, 0.1) is 11.7 Å². The fraction of sp³-hybridized carbons (Fsp3) is 0.400. The molecule has 1 aliphatic rings. The lowest BCUT2D eigenvalue weighted by molar-refractivity contribution is 0.632. The second-order valence-electron chi connectivity index (χ2n) is 5.04. The van der Waals surface area contributed by atoms with Gasteiger partial charge in [-0.05, 0) is 44.9 Å². The van der Waals surface area contributed by atoms with Gasteiger partial charge >= 0.3 is 0 Å². The number of hydrogen-bond acceptors (Lipinski definition) is 3. The fourth-order valence-corrected chi connectivity index (χ4v) is 3.43. The summed E-state index contributed by atoms with van der Waals surface area (Å²) >= 11 is 1.76. The minimum Gasteiger partial charge on any atom is -0.309 e. The highest BCUT2D eigenvalue weighted by atomic mass is 32.1. The summed E-state index contributed by atoms with van der Waals surface area (Å²) in [5.41, 5.74) is 5.10. The lowest BCUT2D eigenvalue weighted by Crippen LogP contribution is -2.12. The van der Waals surface area contributed by atoms with Crippen molar-refractivity contribution in [3.63, 3.8) is 0 Å². The molecule has 3 heteroatoms. The molecule has 1 saturated heterocycles. The minimum atomic E-state index is 0.472. The molecule has 2 aromatic rings. The molecule has 3 rings (SSSR count). The Hall–Kier alpha value is -1.19. The summed E-state index contributed by atoms with van der Waals surface area (Å²) < 4.78 is 0. The van der Waals surface area contributed by atoms with Crippen molar-refractivity contribution in [1.29, 1.82) is 0 Å². The lowest BCUT2D eigenvalue weighted by Gasteiger charge is -2.06. The van der Waals surface area contributed by atoms with Crippen LogP contribution in [0.4, 0.5) is 0 Å². The maximum absolute atomic E-state index is 4.82. The van der Waals surface area contributed by atoms with Gasteiger partial charge in [-0.1, -0.05) is 17.7 Å². The fourth-order valence-electron chi connectivity index (χ4n) is 2.47. The van der Waals surface area contributed by atoms with Gasteiger partial charge in [-0.15, -0.1) is 11.3 Å². The predicted molar refractivity (Wildman–Crippen MR) is 77.0 cm³/mol. The van der Waals surface area contributed by atoms with E-state index in [1.807, 2.05) is 0 Å². The number of thiazole rings is 1. The van der Waals surface area contributed by atoms with E-state index in [1.54, 1.807) is 11.3 Å². The molecule has 1 unspecified atom stereocenters. The van der Waals surface area contributed by atoms with E-state index in [9.17, 15) is 0 Å². The Morgan fingerprint density at radius 2 is 2.22 bits per heavy atom. The summed E-state index contributed by atoms with van der Waals surface area (Å²) in [7, 11) is 0. The van der Waals surface area contributed by atoms with Crippen molar-refractivity contribution in [3.05, 3.63) is 40.4 Å². The van der Waals surface area contributed by atoms with E-state index in [0.29, 0.717) is 6.04 Å². The first-order valence-corrected chi connectivity index (χ1v) is 7.38. The molecule has 0 saturated carbocycles. The molecule has 94 valence electrons. The van der Waals surface area contributed by atoms with Crippen LogP contribution in [0.2, 0.25) is 0 Å². The van der Waals surface area contributed by atoms with Crippen LogP contribution in [0.3, 0.4) is 0 Å². The zero-order valence-corrected chi connectivity index (χ0v) is 11.7. The van der Waals surface area contributed by atoms with Gasteiger partial charge < -0.3 is 5.32 Å². The van der Waals surface area contributed by atoms with Crippen LogP contribution in [0.15, 0.2) is 23.6 Å². The molecule has 0 aliphatic carbocycles. The Bertz CT molecular complexity index is 553. The van der Waals surface area contributed by atoms with E-state index in [4.69, 9.17) is 4.98 Å². The first-order chi connectivity index (χ1) is 8.74. The van der Waals surface area contributed by atoms with E-state index in [-0.39, 0.29) is 0 Å². The summed E-state index contributed by atoms with van der Waals surface area (Å²) in [6.07, 6.45) is 2.48. The summed E-state index contributed by atoms with van der Waals surface area (Å²) in [6.45, 7) is 5.42. The maximum atomic E-state index is 4.82. The van der Waals surface area contributed by atoms with E-state index >= 15 is 0 Å². The quantitative estimate of drug-likeness (QED) is 0.885. The van der Waals surface area contributed by atoms with Crippen LogP contribution in [0.25, 0.3) is 10.6 Å². The van der Waals surface area contributed by atoms with Crippen molar-refractivity contribution in [2.24, 2.45) is 0 Å². The molecule has 1 N–H and O–H groups in total. The third-order valence-electron chi connectivity index (χ3n) is 3.56. The average molecular weight is 258 g/mol. The van der Waals surface area contributed by atoms with Crippen LogP contribution in [0, 0.1) is 13.8 Å². The number of nitrogens with zero attached hydrogens (tertiary/aromatic N) is 1. The second-order valence-corrected chi connectivity index (χ2v) is 5.90. The third kappa shape index (κ3) is 2.20. The summed E-state index contributed by atoms with van der Waals surface area (Å²) in [5, 5.41) is 6.87. The van der Waals surface area contributed by atoms with E-state index < -0.39 is 0 Å². The molecule has 0 radical (unpaired) electrons. The van der Waals surface area contributed by atoms with Gasteiger partial charge in [0.25, 0.3) is 0 Å². The SMILES string of the molecule is Cc1ccc(C)c(-c2nc(C3CCCN3)cs2)c1. The number of aryl methyl sites for hydroxylation is 2. The van der Waals surface area contributed by atoms with Crippen molar-refractivity contribution in [1.82, 2.24) is 10.3 Å². The Balaban J connectivity index is 1.94. The van der Waals surface area contributed by atoms with Crippen LogP contribution < -0.4 is 5.32 Å². The standard InChI is InChI=1S/C15H18N2S/c1-10-5-6-11(2)12(8-10)15-17-14(9-18-15)13-4-3-7-16-13/h5-6,8-9,13,16H,3-4,7H2,1-2H3. The van der Waals surface area contributed by atoms with Crippen molar-refractivity contribution in [3.8, 4) is 10.6 Å². The molecule has 1 atom stereocenters. The van der Waals surface area contributed by atoms with Crippen molar-refractivity contribution in [2.45, 2.75) is 32.7 Å². The van der Waals surface area contributed by atoms with Crippen LogP contribution in [0.1, 0.15) is 35.7 Å². The largest absolute Gasteiger partial charge is 0.309 e. The number of nitrogens with one attached hydrogen (secondary N) is 1. The summed E-state index contributed by atoms with van der Waals surface area (Å²) in [5.74, 6) is 0. The molecule has 0 amide bonds. The highest BCUT2D eigenvalue weighted by molar-refractivity contribution is 7.13. The van der Waals surface area contributed by atoms with Gasteiger partial charge in [0.15, 0.2) is 0 Å². The van der Waals surface area contributed by atoms with Crippen molar-refractivity contribution >= 4 is 11.3 Å². The highest BCUT2D eigenvalue weighted by Gasteiger charge is 2.19. The Morgan fingerprint density at radius 3 is 3.00 bits per heavy atom. The molecule has 1 aromatic heterocycles. The summed E-state index contributed by atoms with van der Waals surface area (Å²) in [6, 6.07) is 7.05. The van der Waals surface area contributed by atoms with Crippen molar-refractivity contribution < 1.29 is 0 Å². The van der Waals surface area contributed by atoms with Gasteiger partial charge in [-0.25, -0.2) is 4.98 Å². The van der Waals surface area contributed by atoms with Crippen LogP contribution >= 0.6 is 11.3 Å². The summed E-state index contributed by atoms with van der Waals surface area (Å²) in [4.78, 5) is 4.82. The molecule has 0 spiro atoms. The van der Waals surface area contributed by atoms with E-state index in [1.165, 1.54) is 35.2 Å². The molecule has 18 heavy (non-hydrogen) atoms. The number of aromatic nitrogens is 1. The topological polar surface area (TPSA) is 24.9 Å². The monoisotopic (exact) mass is 258 g/mol. The smallest absolute Gasteiger partial charge is 0.123 e. The van der Waals surface area contributed by atoms with Crippen LogP contribution in [0.5, 0.6) is 0 Å².